The molecule has 23 heavy (non-hydrogen) atoms. The topological polar surface area (TPSA) is 89.7 Å². The molecule has 0 radical (unpaired) electrons. The Kier molecular flexibility index (Phi) is 5.31. The first-order chi connectivity index (χ1) is 10.9. The number of piperidine rings is 1. The second-order valence-corrected chi connectivity index (χ2v) is 5.54. The molecule has 0 aromatic heterocycles. The highest BCUT2D eigenvalue weighted by Crippen LogP contribution is 2.17. The van der Waals surface area contributed by atoms with E-state index in [-0.39, 0.29) is 5.56 Å². The third-order valence-electron chi connectivity index (χ3n) is 3.89. The Morgan fingerprint density at radius 2 is 2.09 bits per heavy atom. The first kappa shape index (κ1) is 16.9. The summed E-state index contributed by atoms with van der Waals surface area (Å²) in [5.74, 6) is -2.35. The molecule has 0 aliphatic carbocycles. The van der Waals surface area contributed by atoms with Crippen LogP contribution in [0.3, 0.4) is 0 Å². The SMILES string of the molecule is Cc1ccc(C(=O)OCC(=O)N2CCCC[C@@H]2C(N)=O)cc1F. The molecule has 1 aliphatic rings. The van der Waals surface area contributed by atoms with E-state index in [0.29, 0.717) is 18.5 Å². The molecule has 1 aliphatic heterocycles. The van der Waals surface area contributed by atoms with Crippen LogP contribution in [0, 0.1) is 12.7 Å². The molecule has 0 saturated carbocycles. The van der Waals surface area contributed by atoms with E-state index in [9.17, 15) is 18.8 Å². The highest BCUT2D eigenvalue weighted by Gasteiger charge is 2.31. The maximum Gasteiger partial charge on any atom is 0.338 e. The lowest BCUT2D eigenvalue weighted by molar-refractivity contribution is -0.143. The molecule has 1 saturated heterocycles. The van der Waals surface area contributed by atoms with E-state index >= 15 is 0 Å². The molecule has 6 nitrogen and oxygen atoms in total. The second kappa shape index (κ2) is 7.21. The van der Waals surface area contributed by atoms with E-state index in [2.05, 4.69) is 0 Å². The van der Waals surface area contributed by atoms with Crippen molar-refractivity contribution in [2.75, 3.05) is 13.2 Å². The van der Waals surface area contributed by atoms with Crippen molar-refractivity contribution in [2.24, 2.45) is 5.73 Å². The number of nitrogens with two attached hydrogens (primary N) is 1. The molecular formula is C16H19FN2O4. The van der Waals surface area contributed by atoms with Crippen molar-refractivity contribution in [3.63, 3.8) is 0 Å². The summed E-state index contributed by atoms with van der Waals surface area (Å²) >= 11 is 0. The number of hydrogen-bond donors (Lipinski definition) is 1. The van der Waals surface area contributed by atoms with Crippen molar-refractivity contribution in [3.05, 3.63) is 35.1 Å². The van der Waals surface area contributed by atoms with Crippen molar-refractivity contribution in [1.29, 1.82) is 0 Å². The highest BCUT2D eigenvalue weighted by atomic mass is 19.1. The summed E-state index contributed by atoms with van der Waals surface area (Å²) in [7, 11) is 0. The second-order valence-electron chi connectivity index (χ2n) is 5.54. The number of amides is 2. The molecule has 1 aromatic carbocycles. The smallest absolute Gasteiger partial charge is 0.338 e. The molecule has 2 amide bonds. The average molecular weight is 322 g/mol. The number of rotatable bonds is 4. The number of likely N-dealkylation sites (tertiary alicyclic amines) is 1. The normalized spacial score (nSPS) is 17.7. The molecule has 1 aromatic rings. The third kappa shape index (κ3) is 4.06. The average Bonchev–Trinajstić information content (AvgIpc) is 2.54. The number of carbonyl (C=O) groups excluding carboxylic acids is 3. The quantitative estimate of drug-likeness (QED) is 0.842. The van der Waals surface area contributed by atoms with Crippen LogP contribution in [0.1, 0.15) is 35.2 Å². The molecule has 2 N–H and O–H groups in total. The van der Waals surface area contributed by atoms with Gasteiger partial charge in [-0.25, -0.2) is 9.18 Å². The Balaban J connectivity index is 1.96. The monoisotopic (exact) mass is 322 g/mol. The minimum Gasteiger partial charge on any atom is -0.452 e. The maximum atomic E-state index is 13.4. The van der Waals surface area contributed by atoms with Gasteiger partial charge in [-0.2, -0.15) is 0 Å². The predicted molar refractivity (Wildman–Crippen MR) is 80.0 cm³/mol. The molecule has 1 atom stereocenters. The van der Waals surface area contributed by atoms with Gasteiger partial charge >= 0.3 is 5.97 Å². The number of halogens is 1. The molecule has 0 bridgehead atoms. The van der Waals surface area contributed by atoms with Gasteiger partial charge in [0, 0.05) is 6.54 Å². The number of carbonyl (C=O) groups is 3. The Morgan fingerprint density at radius 3 is 2.74 bits per heavy atom. The number of esters is 1. The summed E-state index contributed by atoms with van der Waals surface area (Å²) in [6, 6.07) is 3.29. The number of nitrogens with zero attached hydrogens (tertiary/aromatic N) is 1. The van der Waals surface area contributed by atoms with Crippen molar-refractivity contribution in [1.82, 2.24) is 4.90 Å². The Labute approximate surface area is 133 Å². The van der Waals surface area contributed by atoms with E-state index in [0.717, 1.165) is 18.9 Å². The minimum absolute atomic E-state index is 0.0333. The van der Waals surface area contributed by atoms with Gasteiger partial charge in [-0.15, -0.1) is 0 Å². The van der Waals surface area contributed by atoms with Crippen LogP contribution in [0.15, 0.2) is 18.2 Å². The summed E-state index contributed by atoms with van der Waals surface area (Å²) in [6.45, 7) is 1.48. The molecule has 0 spiro atoms. The van der Waals surface area contributed by atoms with Crippen LogP contribution < -0.4 is 5.73 Å². The zero-order valence-electron chi connectivity index (χ0n) is 12.9. The van der Waals surface area contributed by atoms with Gasteiger partial charge in [0.2, 0.25) is 5.91 Å². The fourth-order valence-electron chi connectivity index (χ4n) is 2.54. The van der Waals surface area contributed by atoms with Crippen molar-refractivity contribution >= 4 is 17.8 Å². The fraction of sp³-hybridized carbons (Fsp3) is 0.438. The Morgan fingerprint density at radius 1 is 1.35 bits per heavy atom. The van der Waals surface area contributed by atoms with Crippen LogP contribution in [-0.2, 0) is 14.3 Å². The molecule has 1 heterocycles. The van der Waals surface area contributed by atoms with Crippen molar-refractivity contribution in [3.8, 4) is 0 Å². The van der Waals surface area contributed by atoms with E-state index in [4.69, 9.17) is 10.5 Å². The van der Waals surface area contributed by atoms with Gasteiger partial charge in [0.05, 0.1) is 5.56 Å². The standard InChI is InChI=1S/C16H19FN2O4/c1-10-5-6-11(8-12(10)17)16(22)23-9-14(20)19-7-3-2-4-13(19)15(18)21/h5-6,8,13H,2-4,7,9H2,1H3,(H2,18,21)/t13-/m1/s1. The van der Waals surface area contributed by atoms with Gasteiger partial charge in [0.15, 0.2) is 6.61 Å². The van der Waals surface area contributed by atoms with Crippen LogP contribution in [0.25, 0.3) is 0 Å². The van der Waals surface area contributed by atoms with Crippen LogP contribution in [0.5, 0.6) is 0 Å². The fourth-order valence-corrected chi connectivity index (χ4v) is 2.54. The zero-order valence-corrected chi connectivity index (χ0v) is 12.9. The van der Waals surface area contributed by atoms with Crippen molar-refractivity contribution in [2.45, 2.75) is 32.2 Å². The summed E-state index contributed by atoms with van der Waals surface area (Å²) in [6.07, 6.45) is 2.10. The third-order valence-corrected chi connectivity index (χ3v) is 3.89. The van der Waals surface area contributed by atoms with Gasteiger partial charge in [-0.3, -0.25) is 9.59 Å². The van der Waals surface area contributed by atoms with Crippen LogP contribution >= 0.6 is 0 Å². The number of aryl methyl sites for hydroxylation is 1. The largest absolute Gasteiger partial charge is 0.452 e. The van der Waals surface area contributed by atoms with Gasteiger partial charge < -0.3 is 15.4 Å². The van der Waals surface area contributed by atoms with E-state index in [1.165, 1.54) is 17.0 Å². The van der Waals surface area contributed by atoms with Gasteiger partial charge in [-0.05, 0) is 43.9 Å². The predicted octanol–water partition coefficient (Wildman–Crippen LogP) is 1.16. The number of ether oxygens (including phenoxy) is 1. The zero-order chi connectivity index (χ0) is 17.0. The summed E-state index contributed by atoms with van der Waals surface area (Å²) in [4.78, 5) is 36.7. The Bertz CT molecular complexity index is 633. The minimum atomic E-state index is -0.787. The maximum absolute atomic E-state index is 13.4. The summed E-state index contributed by atoms with van der Waals surface area (Å²) < 4.78 is 18.4. The van der Waals surface area contributed by atoms with E-state index in [1.54, 1.807) is 6.92 Å². The first-order valence-electron chi connectivity index (χ1n) is 7.42. The van der Waals surface area contributed by atoms with Crippen LogP contribution in [0.2, 0.25) is 0 Å². The molecule has 0 unspecified atom stereocenters. The van der Waals surface area contributed by atoms with Gasteiger partial charge in [-0.1, -0.05) is 6.07 Å². The lowest BCUT2D eigenvalue weighted by Crippen LogP contribution is -2.51. The van der Waals surface area contributed by atoms with E-state index in [1.807, 2.05) is 0 Å². The highest BCUT2D eigenvalue weighted by molar-refractivity contribution is 5.92. The lowest BCUT2D eigenvalue weighted by atomic mass is 10.0. The van der Waals surface area contributed by atoms with Crippen LogP contribution in [-0.4, -0.2) is 41.9 Å². The number of primary amides is 1. The van der Waals surface area contributed by atoms with Crippen LogP contribution in [0.4, 0.5) is 4.39 Å². The molecular weight excluding hydrogens is 303 g/mol. The molecule has 124 valence electrons. The molecule has 1 fully saturated rings. The number of hydrogen-bond acceptors (Lipinski definition) is 4. The first-order valence-corrected chi connectivity index (χ1v) is 7.42. The van der Waals surface area contributed by atoms with Gasteiger partial charge in [0.25, 0.3) is 5.91 Å². The van der Waals surface area contributed by atoms with Crippen molar-refractivity contribution < 1.29 is 23.5 Å². The molecule has 2 rings (SSSR count). The Hall–Kier alpha value is -2.44. The molecule has 7 heteroatoms. The van der Waals surface area contributed by atoms with Gasteiger partial charge in [0.1, 0.15) is 11.9 Å². The number of benzene rings is 1. The summed E-state index contributed by atoms with van der Waals surface area (Å²) in [5, 5.41) is 0. The summed E-state index contributed by atoms with van der Waals surface area (Å²) in [5.41, 5.74) is 5.74. The lowest BCUT2D eigenvalue weighted by Gasteiger charge is -2.33. The van der Waals surface area contributed by atoms with E-state index < -0.39 is 36.2 Å².